The topological polar surface area (TPSA) is 61.4 Å². The van der Waals surface area contributed by atoms with Crippen LogP contribution in [0.3, 0.4) is 0 Å². The molecule has 0 aliphatic carbocycles. The Labute approximate surface area is 144 Å². The van der Waals surface area contributed by atoms with Crippen molar-refractivity contribution < 1.29 is 9.59 Å². The molecule has 1 aromatic rings. The number of hydrogen-bond donors (Lipinski definition) is 2. The molecule has 3 amide bonds. The largest absolute Gasteiger partial charge is 0.352 e. The monoisotopic (exact) mass is 329 g/mol. The fraction of sp³-hybridized carbons (Fsp3) is 0.474. The number of likely N-dealkylation sites (tertiary alicyclic amines) is 1. The average molecular weight is 329 g/mol. The summed E-state index contributed by atoms with van der Waals surface area (Å²) in [6.45, 7) is 9.71. The van der Waals surface area contributed by atoms with Crippen LogP contribution in [0.5, 0.6) is 0 Å². The van der Waals surface area contributed by atoms with Gasteiger partial charge in [-0.1, -0.05) is 35.9 Å². The highest BCUT2D eigenvalue weighted by atomic mass is 16.2. The molecule has 130 valence electrons. The number of urea groups is 1. The molecule has 1 aliphatic rings. The van der Waals surface area contributed by atoms with Crippen LogP contribution in [-0.4, -0.2) is 43.0 Å². The predicted octanol–water partition coefficient (Wildman–Crippen LogP) is 2.43. The molecule has 0 radical (unpaired) electrons. The van der Waals surface area contributed by atoms with E-state index in [9.17, 15) is 9.59 Å². The minimum atomic E-state index is -0.202. The first kappa shape index (κ1) is 18.0. The summed E-state index contributed by atoms with van der Waals surface area (Å²) in [5.74, 6) is -0.0471. The molecule has 0 aromatic heterocycles. The first-order chi connectivity index (χ1) is 11.5. The quantitative estimate of drug-likeness (QED) is 0.815. The molecule has 5 heteroatoms. The van der Waals surface area contributed by atoms with E-state index in [-0.39, 0.29) is 23.8 Å². The van der Waals surface area contributed by atoms with E-state index in [0.29, 0.717) is 26.2 Å². The van der Waals surface area contributed by atoms with Gasteiger partial charge in [0.05, 0.1) is 5.92 Å². The van der Waals surface area contributed by atoms with E-state index in [2.05, 4.69) is 42.3 Å². The Bertz CT molecular complexity index is 600. The number of hydrogen-bond acceptors (Lipinski definition) is 2. The van der Waals surface area contributed by atoms with Crippen molar-refractivity contribution in [2.24, 2.45) is 5.92 Å². The molecular weight excluding hydrogens is 302 g/mol. The molecule has 1 aliphatic heterocycles. The number of aryl methyl sites for hydroxylation is 1. The van der Waals surface area contributed by atoms with Crippen molar-refractivity contribution >= 4 is 11.9 Å². The average Bonchev–Trinajstić information content (AvgIpc) is 2.59. The van der Waals surface area contributed by atoms with Gasteiger partial charge >= 0.3 is 6.03 Å². The van der Waals surface area contributed by atoms with Gasteiger partial charge in [-0.3, -0.25) is 4.79 Å². The third kappa shape index (κ3) is 4.60. The highest BCUT2D eigenvalue weighted by Crippen LogP contribution is 2.31. The maximum absolute atomic E-state index is 12.4. The number of piperidine rings is 1. The minimum Gasteiger partial charge on any atom is -0.352 e. The smallest absolute Gasteiger partial charge is 0.317 e. The molecule has 0 saturated carbocycles. The van der Waals surface area contributed by atoms with Crippen molar-refractivity contribution in [1.82, 2.24) is 15.5 Å². The van der Waals surface area contributed by atoms with Crippen molar-refractivity contribution in [3.8, 4) is 0 Å². The second kappa shape index (κ2) is 8.52. The standard InChI is InChI=1S/C19H27N3O2/c1-4-9-21-18(23)17-11-16(15-8-6-7-14(3)10-15)12-22(13-17)19(24)20-5-2/h4,6-8,10,16-17H,1,5,9,11-13H2,2-3H3,(H,20,24)(H,21,23). The zero-order valence-electron chi connectivity index (χ0n) is 14.5. The predicted molar refractivity (Wildman–Crippen MR) is 95.9 cm³/mol. The molecule has 2 N–H and O–H groups in total. The number of nitrogens with one attached hydrogen (secondary N) is 2. The van der Waals surface area contributed by atoms with Gasteiger partial charge in [-0.25, -0.2) is 4.79 Å². The Hall–Kier alpha value is -2.30. The Morgan fingerprint density at radius 2 is 2.12 bits per heavy atom. The van der Waals surface area contributed by atoms with E-state index < -0.39 is 0 Å². The van der Waals surface area contributed by atoms with E-state index in [0.717, 1.165) is 6.42 Å². The molecule has 2 atom stereocenters. The van der Waals surface area contributed by atoms with E-state index >= 15 is 0 Å². The zero-order valence-corrected chi connectivity index (χ0v) is 14.5. The van der Waals surface area contributed by atoms with Gasteiger partial charge in [-0.05, 0) is 25.8 Å². The number of rotatable bonds is 5. The van der Waals surface area contributed by atoms with Crippen molar-refractivity contribution in [2.75, 3.05) is 26.2 Å². The third-order valence-corrected chi connectivity index (χ3v) is 4.37. The zero-order chi connectivity index (χ0) is 17.5. The fourth-order valence-electron chi connectivity index (χ4n) is 3.20. The van der Waals surface area contributed by atoms with Gasteiger partial charge in [-0.2, -0.15) is 0 Å². The van der Waals surface area contributed by atoms with Crippen LogP contribution in [0, 0.1) is 12.8 Å². The summed E-state index contributed by atoms with van der Waals surface area (Å²) in [7, 11) is 0. The summed E-state index contributed by atoms with van der Waals surface area (Å²) in [5, 5.41) is 5.70. The van der Waals surface area contributed by atoms with E-state index in [1.807, 2.05) is 13.0 Å². The second-order valence-electron chi connectivity index (χ2n) is 6.32. The molecule has 2 unspecified atom stereocenters. The maximum atomic E-state index is 12.4. The van der Waals surface area contributed by atoms with Crippen LogP contribution in [-0.2, 0) is 4.79 Å². The number of carbonyl (C=O) groups is 2. The molecule has 1 fully saturated rings. The Morgan fingerprint density at radius 3 is 2.79 bits per heavy atom. The van der Waals surface area contributed by atoms with E-state index in [1.165, 1.54) is 11.1 Å². The van der Waals surface area contributed by atoms with Crippen LogP contribution in [0.2, 0.25) is 0 Å². The number of nitrogens with zero attached hydrogens (tertiary/aromatic N) is 1. The number of amides is 3. The highest BCUT2D eigenvalue weighted by molar-refractivity contribution is 5.81. The third-order valence-electron chi connectivity index (χ3n) is 4.37. The first-order valence-electron chi connectivity index (χ1n) is 8.53. The summed E-state index contributed by atoms with van der Waals surface area (Å²) in [6.07, 6.45) is 2.42. The van der Waals surface area contributed by atoms with Gasteiger partial charge in [0.1, 0.15) is 0 Å². The molecule has 0 bridgehead atoms. The molecule has 1 aromatic carbocycles. The Balaban J connectivity index is 2.18. The Kier molecular flexibility index (Phi) is 6.41. The van der Waals surface area contributed by atoms with Crippen molar-refractivity contribution in [2.45, 2.75) is 26.2 Å². The summed E-state index contributed by atoms with van der Waals surface area (Å²) in [5.41, 5.74) is 2.38. The van der Waals surface area contributed by atoms with Gasteiger partial charge in [-0.15, -0.1) is 6.58 Å². The van der Waals surface area contributed by atoms with Gasteiger partial charge < -0.3 is 15.5 Å². The minimum absolute atomic E-state index is 0.0125. The van der Waals surface area contributed by atoms with Crippen molar-refractivity contribution in [1.29, 1.82) is 0 Å². The normalized spacial score (nSPS) is 20.3. The van der Waals surface area contributed by atoms with Gasteiger partial charge in [0.25, 0.3) is 0 Å². The summed E-state index contributed by atoms with van der Waals surface area (Å²) >= 11 is 0. The van der Waals surface area contributed by atoms with Crippen molar-refractivity contribution in [3.63, 3.8) is 0 Å². The fourth-order valence-corrected chi connectivity index (χ4v) is 3.20. The highest BCUT2D eigenvalue weighted by Gasteiger charge is 2.34. The van der Waals surface area contributed by atoms with E-state index in [4.69, 9.17) is 0 Å². The van der Waals surface area contributed by atoms with Crippen LogP contribution >= 0.6 is 0 Å². The maximum Gasteiger partial charge on any atom is 0.317 e. The van der Waals surface area contributed by atoms with Gasteiger partial charge in [0.15, 0.2) is 0 Å². The van der Waals surface area contributed by atoms with Crippen LogP contribution < -0.4 is 10.6 Å². The van der Waals surface area contributed by atoms with E-state index in [1.54, 1.807) is 11.0 Å². The molecule has 1 heterocycles. The lowest BCUT2D eigenvalue weighted by atomic mass is 9.83. The molecular formula is C19H27N3O2. The number of benzene rings is 1. The van der Waals surface area contributed by atoms with Crippen LogP contribution in [0.15, 0.2) is 36.9 Å². The lowest BCUT2D eigenvalue weighted by Crippen LogP contribution is -2.51. The molecule has 24 heavy (non-hydrogen) atoms. The van der Waals surface area contributed by atoms with Crippen molar-refractivity contribution in [3.05, 3.63) is 48.0 Å². The molecule has 1 saturated heterocycles. The molecule has 0 spiro atoms. The first-order valence-corrected chi connectivity index (χ1v) is 8.53. The molecule has 2 rings (SSSR count). The summed E-state index contributed by atoms with van der Waals surface area (Å²) < 4.78 is 0. The molecule has 5 nitrogen and oxygen atoms in total. The lowest BCUT2D eigenvalue weighted by Gasteiger charge is -2.37. The Morgan fingerprint density at radius 1 is 1.33 bits per heavy atom. The van der Waals surface area contributed by atoms with Crippen LogP contribution in [0.25, 0.3) is 0 Å². The van der Waals surface area contributed by atoms with Crippen LogP contribution in [0.1, 0.15) is 30.4 Å². The summed E-state index contributed by atoms with van der Waals surface area (Å²) in [4.78, 5) is 26.5. The van der Waals surface area contributed by atoms with Gasteiger partial charge in [0.2, 0.25) is 5.91 Å². The van der Waals surface area contributed by atoms with Gasteiger partial charge in [0, 0.05) is 32.1 Å². The van der Waals surface area contributed by atoms with Crippen LogP contribution in [0.4, 0.5) is 4.79 Å². The second-order valence-corrected chi connectivity index (χ2v) is 6.32. The summed E-state index contributed by atoms with van der Waals surface area (Å²) in [6, 6.07) is 8.21. The number of carbonyl (C=O) groups excluding carboxylic acids is 2. The lowest BCUT2D eigenvalue weighted by molar-refractivity contribution is -0.126. The SMILES string of the molecule is C=CCNC(=O)C1CC(c2cccc(C)c2)CN(C(=O)NCC)C1.